The molecule has 6 nitrogen and oxygen atoms in total. The van der Waals surface area contributed by atoms with E-state index in [4.69, 9.17) is 0 Å². The Kier molecular flexibility index (Phi) is 4.39. The molecule has 0 bridgehead atoms. The normalized spacial score (nSPS) is 10.1. The second kappa shape index (κ2) is 6.44. The van der Waals surface area contributed by atoms with Gasteiger partial charge in [0.2, 0.25) is 11.4 Å². The number of aromatic nitrogens is 2. The van der Waals surface area contributed by atoms with E-state index in [1.165, 1.54) is 0 Å². The van der Waals surface area contributed by atoms with Crippen LogP contribution in [0, 0.1) is 9.81 Å². The van der Waals surface area contributed by atoms with Crippen LogP contribution in [-0.4, -0.2) is 0 Å². The van der Waals surface area contributed by atoms with Crippen LogP contribution in [0.3, 0.4) is 0 Å². The lowest BCUT2D eigenvalue weighted by atomic mass is 10.3. The topological polar surface area (TPSA) is 66.6 Å². The molecule has 2 rings (SSSR count). The van der Waals surface area contributed by atoms with Gasteiger partial charge in [0.1, 0.15) is 0 Å². The molecule has 0 spiro atoms. The highest BCUT2D eigenvalue weighted by Gasteiger charge is 2.17. The van der Waals surface area contributed by atoms with Gasteiger partial charge in [-0.2, -0.15) is 9.81 Å². The smallest absolute Gasteiger partial charge is 0.150 e. The Balaban J connectivity index is 2.30. The zero-order valence-electron chi connectivity index (χ0n) is 10.3. The average molecular weight is 258 g/mol. The van der Waals surface area contributed by atoms with Crippen molar-refractivity contribution in [1.82, 2.24) is 0 Å². The summed E-state index contributed by atoms with van der Waals surface area (Å²) < 4.78 is 3.82. The van der Waals surface area contributed by atoms with E-state index < -0.39 is 0 Å². The Morgan fingerprint density at radius 1 is 0.789 bits per heavy atom. The maximum absolute atomic E-state index is 10.4. The molecule has 0 aromatic carbocycles. The SMILES string of the molecule is O=NCc1cccc[n+]1C[n+]1ccccc1CN=O. The van der Waals surface area contributed by atoms with Gasteiger partial charge in [0, 0.05) is 24.3 Å². The Hall–Kier alpha value is -2.50. The molecule has 0 saturated carbocycles. The van der Waals surface area contributed by atoms with Gasteiger partial charge in [-0.25, -0.2) is 0 Å². The molecule has 0 N–H and O–H groups in total. The number of hydrogen-bond acceptors (Lipinski definition) is 4. The molecule has 6 heteroatoms. The first-order chi connectivity index (χ1) is 9.35. The monoisotopic (exact) mass is 258 g/mol. The fourth-order valence-corrected chi connectivity index (χ4v) is 1.88. The van der Waals surface area contributed by atoms with E-state index in [2.05, 4.69) is 10.4 Å². The van der Waals surface area contributed by atoms with Gasteiger partial charge in [0.15, 0.2) is 25.5 Å². The zero-order chi connectivity index (χ0) is 13.5. The fraction of sp³-hybridized carbons (Fsp3) is 0.231. The first-order valence-corrected chi connectivity index (χ1v) is 5.88. The number of pyridine rings is 2. The second-order valence-corrected chi connectivity index (χ2v) is 4.04. The molecular formula is C13H14N4O2+2. The Morgan fingerprint density at radius 3 is 1.68 bits per heavy atom. The maximum Gasteiger partial charge on any atom is 0.344 e. The molecule has 0 aliphatic heterocycles. The summed E-state index contributed by atoms with van der Waals surface area (Å²) in [4.78, 5) is 20.8. The van der Waals surface area contributed by atoms with Gasteiger partial charge >= 0.3 is 6.67 Å². The Bertz CT molecular complexity index is 535. The van der Waals surface area contributed by atoms with E-state index >= 15 is 0 Å². The van der Waals surface area contributed by atoms with E-state index in [0.717, 1.165) is 11.4 Å². The molecule has 0 amide bonds. The molecule has 0 radical (unpaired) electrons. The highest BCUT2D eigenvalue weighted by Crippen LogP contribution is 1.96. The third kappa shape index (κ3) is 3.25. The van der Waals surface area contributed by atoms with Gasteiger partial charge in [-0.15, -0.1) is 9.13 Å². The van der Waals surface area contributed by atoms with Gasteiger partial charge < -0.3 is 0 Å². The summed E-state index contributed by atoms with van der Waals surface area (Å²) in [7, 11) is 0. The molecule has 2 aromatic heterocycles. The van der Waals surface area contributed by atoms with Crippen LogP contribution in [0.2, 0.25) is 0 Å². The fourth-order valence-electron chi connectivity index (χ4n) is 1.88. The van der Waals surface area contributed by atoms with Crippen molar-refractivity contribution in [3.05, 3.63) is 70.0 Å². The summed E-state index contributed by atoms with van der Waals surface area (Å²) in [5.41, 5.74) is 1.64. The largest absolute Gasteiger partial charge is 0.344 e. The molecule has 0 unspecified atom stereocenters. The molecule has 0 atom stereocenters. The lowest BCUT2D eigenvalue weighted by Crippen LogP contribution is -2.55. The van der Waals surface area contributed by atoms with Crippen LogP contribution in [0.1, 0.15) is 11.4 Å². The molecule has 96 valence electrons. The third-order valence-corrected chi connectivity index (χ3v) is 2.83. The number of nitrogens with zero attached hydrogens (tertiary/aromatic N) is 4. The molecule has 19 heavy (non-hydrogen) atoms. The van der Waals surface area contributed by atoms with Crippen LogP contribution in [0.4, 0.5) is 0 Å². The summed E-state index contributed by atoms with van der Waals surface area (Å²) in [5.74, 6) is 0. The van der Waals surface area contributed by atoms with Gasteiger partial charge in [0.25, 0.3) is 0 Å². The van der Waals surface area contributed by atoms with Crippen molar-refractivity contribution in [3.63, 3.8) is 0 Å². The third-order valence-electron chi connectivity index (χ3n) is 2.83. The van der Waals surface area contributed by atoms with E-state index in [0.29, 0.717) is 6.67 Å². The van der Waals surface area contributed by atoms with Crippen molar-refractivity contribution in [3.8, 4) is 0 Å². The van der Waals surface area contributed by atoms with Crippen LogP contribution in [0.5, 0.6) is 0 Å². The van der Waals surface area contributed by atoms with Crippen LogP contribution in [0.15, 0.2) is 59.1 Å². The van der Waals surface area contributed by atoms with Crippen molar-refractivity contribution in [1.29, 1.82) is 0 Å². The van der Waals surface area contributed by atoms with Crippen molar-refractivity contribution in [2.75, 3.05) is 0 Å². The predicted molar refractivity (Wildman–Crippen MR) is 67.7 cm³/mol. The lowest BCUT2D eigenvalue weighted by molar-refractivity contribution is -0.918. The van der Waals surface area contributed by atoms with Gasteiger partial charge in [-0.3, -0.25) is 0 Å². The van der Waals surface area contributed by atoms with E-state index in [9.17, 15) is 9.81 Å². The van der Waals surface area contributed by atoms with E-state index in [1.54, 1.807) is 0 Å². The first kappa shape index (κ1) is 12.9. The summed E-state index contributed by atoms with van der Waals surface area (Å²) in [5, 5.41) is 5.84. The standard InChI is InChI=1S/C13H14N4O2/c18-14-9-12-5-1-3-7-16(12)11-17-8-4-2-6-13(17)10-15-19/h1-8H,9-11H2/q+2. The molecule has 0 aliphatic rings. The maximum atomic E-state index is 10.4. The van der Waals surface area contributed by atoms with Crippen LogP contribution >= 0.6 is 0 Å². The molecule has 0 aliphatic carbocycles. The predicted octanol–water partition coefficient (Wildman–Crippen LogP) is 1.30. The van der Waals surface area contributed by atoms with Crippen molar-refractivity contribution in [2.24, 2.45) is 10.4 Å². The second-order valence-electron chi connectivity index (χ2n) is 4.04. The van der Waals surface area contributed by atoms with Crippen molar-refractivity contribution >= 4 is 0 Å². The molecule has 2 aromatic rings. The van der Waals surface area contributed by atoms with Crippen LogP contribution < -0.4 is 9.13 Å². The summed E-state index contributed by atoms with van der Waals surface area (Å²) in [6.07, 6.45) is 3.75. The summed E-state index contributed by atoms with van der Waals surface area (Å²) in [6.45, 7) is 0.752. The Morgan fingerprint density at radius 2 is 1.26 bits per heavy atom. The quantitative estimate of drug-likeness (QED) is 0.579. The van der Waals surface area contributed by atoms with Gasteiger partial charge in [0.05, 0.1) is 0 Å². The Labute approximate surface area is 110 Å². The van der Waals surface area contributed by atoms with Crippen LogP contribution in [-0.2, 0) is 19.8 Å². The molecular weight excluding hydrogens is 244 g/mol. The van der Waals surface area contributed by atoms with Gasteiger partial charge in [-0.05, 0) is 0 Å². The minimum atomic E-state index is 0.121. The minimum absolute atomic E-state index is 0.121. The van der Waals surface area contributed by atoms with E-state index in [-0.39, 0.29) is 13.1 Å². The number of hydrogen-bond donors (Lipinski definition) is 0. The summed E-state index contributed by atoms with van der Waals surface area (Å²) >= 11 is 0. The average Bonchev–Trinajstić information content (AvgIpc) is 2.44. The van der Waals surface area contributed by atoms with Crippen molar-refractivity contribution < 1.29 is 9.13 Å². The number of rotatable bonds is 6. The minimum Gasteiger partial charge on any atom is -0.150 e. The highest BCUT2D eigenvalue weighted by atomic mass is 16.3. The first-order valence-electron chi connectivity index (χ1n) is 5.88. The highest BCUT2D eigenvalue weighted by molar-refractivity contribution is 4.98. The lowest BCUT2D eigenvalue weighted by Gasteiger charge is -2.00. The molecule has 0 fully saturated rings. The molecule has 2 heterocycles. The zero-order valence-corrected chi connectivity index (χ0v) is 10.3. The van der Waals surface area contributed by atoms with Crippen molar-refractivity contribution in [2.45, 2.75) is 19.8 Å². The number of nitroso groups, excluding NO2 is 2. The molecule has 0 saturated heterocycles. The van der Waals surface area contributed by atoms with E-state index in [1.807, 2.05) is 57.9 Å². The van der Waals surface area contributed by atoms with Gasteiger partial charge in [-0.1, -0.05) is 22.5 Å². The van der Waals surface area contributed by atoms with Crippen LogP contribution in [0.25, 0.3) is 0 Å². The summed E-state index contributed by atoms with van der Waals surface area (Å²) in [6, 6.07) is 11.2.